The first-order valence-corrected chi connectivity index (χ1v) is 11.1. The second kappa shape index (κ2) is 9.69. The smallest absolute Gasteiger partial charge is 0.283 e. The third-order valence-corrected chi connectivity index (χ3v) is 5.83. The number of thioether (sulfide) groups is 1. The lowest BCUT2D eigenvalue weighted by molar-refractivity contribution is -0.119. The molecular weight excluding hydrogens is 441 g/mol. The van der Waals surface area contributed by atoms with Crippen LogP contribution in [-0.4, -0.2) is 28.8 Å². The Balaban J connectivity index is 1.92. The molecular formula is C22H21Cl2N3O2S. The van der Waals surface area contributed by atoms with Crippen molar-refractivity contribution in [3.63, 3.8) is 0 Å². The van der Waals surface area contributed by atoms with Gasteiger partial charge in [-0.3, -0.25) is 14.5 Å². The topological polar surface area (TPSA) is 61.8 Å². The second-order valence-corrected chi connectivity index (χ2v) is 8.84. The molecule has 2 aromatic rings. The van der Waals surface area contributed by atoms with Gasteiger partial charge in [-0.1, -0.05) is 58.7 Å². The molecule has 0 spiro atoms. The van der Waals surface area contributed by atoms with Crippen LogP contribution in [-0.2, 0) is 9.59 Å². The van der Waals surface area contributed by atoms with Crippen molar-refractivity contribution < 1.29 is 9.59 Å². The van der Waals surface area contributed by atoms with Crippen LogP contribution in [0.2, 0.25) is 10.0 Å². The highest BCUT2D eigenvalue weighted by Crippen LogP contribution is 2.30. The minimum atomic E-state index is -0.267. The van der Waals surface area contributed by atoms with Crippen molar-refractivity contribution in [2.75, 3.05) is 10.7 Å². The third kappa shape index (κ3) is 5.45. The van der Waals surface area contributed by atoms with Gasteiger partial charge in [-0.05, 0) is 56.7 Å². The van der Waals surface area contributed by atoms with Gasteiger partial charge < -0.3 is 5.32 Å². The molecule has 30 heavy (non-hydrogen) atoms. The summed E-state index contributed by atoms with van der Waals surface area (Å²) in [5.41, 5.74) is 2.75. The Morgan fingerprint density at radius 1 is 1.17 bits per heavy atom. The summed E-state index contributed by atoms with van der Waals surface area (Å²) in [5, 5.41) is 4.13. The van der Waals surface area contributed by atoms with Gasteiger partial charge >= 0.3 is 0 Å². The average Bonchev–Trinajstić information content (AvgIpc) is 2.99. The summed E-state index contributed by atoms with van der Waals surface area (Å²) in [5.74, 6) is -0.222. The molecule has 0 fully saturated rings. The van der Waals surface area contributed by atoms with Crippen LogP contribution in [0.5, 0.6) is 0 Å². The SMILES string of the molecule is Cc1ccc(N2C(=O)/C(=C/c3ccc(Cl)c(Cl)c3)N=C2SCC(=O)NC(C)C)cc1. The fourth-order valence-corrected chi connectivity index (χ4v) is 3.90. The molecule has 0 unspecified atom stereocenters. The van der Waals surface area contributed by atoms with E-state index in [9.17, 15) is 9.59 Å². The first-order valence-electron chi connectivity index (χ1n) is 9.33. The lowest BCUT2D eigenvalue weighted by Gasteiger charge is -2.18. The summed E-state index contributed by atoms with van der Waals surface area (Å²) < 4.78 is 0. The Morgan fingerprint density at radius 3 is 2.50 bits per heavy atom. The molecule has 2 aromatic carbocycles. The van der Waals surface area contributed by atoms with Gasteiger partial charge in [0.15, 0.2) is 5.17 Å². The highest BCUT2D eigenvalue weighted by Gasteiger charge is 2.32. The van der Waals surface area contributed by atoms with Crippen molar-refractivity contribution in [1.82, 2.24) is 5.32 Å². The molecule has 0 aromatic heterocycles. The van der Waals surface area contributed by atoms with E-state index in [1.54, 1.807) is 24.3 Å². The molecule has 156 valence electrons. The average molecular weight is 462 g/mol. The van der Waals surface area contributed by atoms with Gasteiger partial charge in [-0.2, -0.15) is 0 Å². The number of amidine groups is 1. The standard InChI is InChI=1S/C22H21Cl2N3O2S/c1-13(2)25-20(28)12-30-22-26-19(11-15-6-9-17(23)18(24)10-15)21(29)27(22)16-7-4-14(3)5-8-16/h4-11,13H,12H2,1-3H3,(H,25,28)/b19-11-. The van der Waals surface area contributed by atoms with Gasteiger partial charge in [0.05, 0.1) is 21.5 Å². The number of carbonyl (C=O) groups is 2. The van der Waals surface area contributed by atoms with E-state index in [-0.39, 0.29) is 29.3 Å². The number of nitrogens with zero attached hydrogens (tertiary/aromatic N) is 2. The molecule has 0 radical (unpaired) electrons. The Morgan fingerprint density at radius 2 is 1.87 bits per heavy atom. The fourth-order valence-electron chi connectivity index (χ4n) is 2.77. The Labute approximate surface area is 190 Å². The minimum Gasteiger partial charge on any atom is -0.353 e. The van der Waals surface area contributed by atoms with E-state index < -0.39 is 0 Å². The van der Waals surface area contributed by atoms with Gasteiger partial charge in [0.25, 0.3) is 5.91 Å². The van der Waals surface area contributed by atoms with E-state index in [0.717, 1.165) is 5.56 Å². The van der Waals surface area contributed by atoms with Crippen molar-refractivity contribution >= 4 is 63.7 Å². The summed E-state index contributed by atoms with van der Waals surface area (Å²) >= 11 is 13.3. The summed E-state index contributed by atoms with van der Waals surface area (Å²) in [6.45, 7) is 5.77. The number of halogens is 2. The summed E-state index contributed by atoms with van der Waals surface area (Å²) in [6, 6.07) is 12.7. The van der Waals surface area contributed by atoms with Crippen molar-refractivity contribution in [2.24, 2.45) is 4.99 Å². The number of hydrogen-bond donors (Lipinski definition) is 1. The number of carbonyl (C=O) groups excluding carboxylic acids is 2. The zero-order valence-corrected chi connectivity index (χ0v) is 19.1. The molecule has 0 bridgehead atoms. The zero-order valence-electron chi connectivity index (χ0n) is 16.8. The van der Waals surface area contributed by atoms with Crippen LogP contribution in [0.1, 0.15) is 25.0 Å². The third-order valence-electron chi connectivity index (χ3n) is 4.15. The maximum atomic E-state index is 13.2. The van der Waals surface area contributed by atoms with Crippen molar-refractivity contribution in [3.8, 4) is 0 Å². The molecule has 0 aliphatic carbocycles. The minimum absolute atomic E-state index is 0.0450. The fraction of sp³-hybridized carbons (Fsp3) is 0.227. The first-order chi connectivity index (χ1) is 14.2. The number of aliphatic imine (C=N–C) groups is 1. The molecule has 1 aliphatic rings. The van der Waals surface area contributed by atoms with E-state index in [4.69, 9.17) is 23.2 Å². The highest BCUT2D eigenvalue weighted by molar-refractivity contribution is 8.14. The van der Waals surface area contributed by atoms with Crippen molar-refractivity contribution in [2.45, 2.75) is 26.8 Å². The van der Waals surface area contributed by atoms with E-state index in [2.05, 4.69) is 10.3 Å². The van der Waals surface area contributed by atoms with Crippen LogP contribution in [0.4, 0.5) is 5.69 Å². The monoisotopic (exact) mass is 461 g/mol. The van der Waals surface area contributed by atoms with E-state index >= 15 is 0 Å². The van der Waals surface area contributed by atoms with Crippen molar-refractivity contribution in [3.05, 3.63) is 69.3 Å². The largest absolute Gasteiger partial charge is 0.353 e. The second-order valence-electron chi connectivity index (χ2n) is 7.08. The first kappa shape index (κ1) is 22.4. The van der Waals surface area contributed by atoms with E-state index in [1.807, 2.05) is 45.0 Å². The molecule has 1 N–H and O–H groups in total. The van der Waals surface area contributed by atoms with Crippen molar-refractivity contribution in [1.29, 1.82) is 0 Å². The molecule has 1 heterocycles. The maximum Gasteiger partial charge on any atom is 0.283 e. The Bertz CT molecular complexity index is 1030. The number of anilines is 1. The molecule has 5 nitrogen and oxygen atoms in total. The van der Waals surface area contributed by atoms with Crippen LogP contribution in [0.15, 0.2) is 53.2 Å². The van der Waals surface area contributed by atoms with Crippen LogP contribution >= 0.6 is 35.0 Å². The number of amides is 2. The van der Waals surface area contributed by atoms with E-state index in [1.165, 1.54) is 16.7 Å². The van der Waals surface area contributed by atoms with Gasteiger partial charge in [0.1, 0.15) is 5.70 Å². The molecule has 0 saturated carbocycles. The predicted octanol–water partition coefficient (Wildman–Crippen LogP) is 5.30. The maximum absolute atomic E-state index is 13.2. The number of nitrogens with one attached hydrogen (secondary N) is 1. The Kier molecular flexibility index (Phi) is 7.23. The lowest BCUT2D eigenvalue weighted by Crippen LogP contribution is -2.34. The van der Waals surface area contributed by atoms with Gasteiger partial charge in [-0.15, -0.1) is 0 Å². The number of hydrogen-bond acceptors (Lipinski definition) is 4. The van der Waals surface area contributed by atoms with E-state index in [0.29, 0.717) is 26.5 Å². The molecule has 3 rings (SSSR count). The van der Waals surface area contributed by atoms with Crippen LogP contribution in [0.25, 0.3) is 6.08 Å². The van der Waals surface area contributed by atoms with Crippen LogP contribution in [0.3, 0.4) is 0 Å². The molecule has 2 amide bonds. The number of rotatable bonds is 5. The van der Waals surface area contributed by atoms with Crippen LogP contribution in [0, 0.1) is 6.92 Å². The highest BCUT2D eigenvalue weighted by atomic mass is 35.5. The Hall–Kier alpha value is -2.28. The normalized spacial score (nSPS) is 15.1. The summed E-state index contributed by atoms with van der Waals surface area (Å²) in [7, 11) is 0. The zero-order chi connectivity index (χ0) is 21.8. The molecule has 8 heteroatoms. The van der Waals surface area contributed by atoms with Crippen LogP contribution < -0.4 is 10.2 Å². The summed E-state index contributed by atoms with van der Waals surface area (Å²) in [6.07, 6.45) is 1.66. The van der Waals surface area contributed by atoms with Gasteiger partial charge in [0.2, 0.25) is 5.91 Å². The molecule has 0 atom stereocenters. The molecule has 0 saturated heterocycles. The predicted molar refractivity (Wildman–Crippen MR) is 126 cm³/mol. The number of benzene rings is 2. The summed E-state index contributed by atoms with van der Waals surface area (Å²) in [4.78, 5) is 31.3. The number of aryl methyl sites for hydroxylation is 1. The lowest BCUT2D eigenvalue weighted by atomic mass is 10.2. The van der Waals surface area contributed by atoms with Gasteiger partial charge in [0, 0.05) is 6.04 Å². The van der Waals surface area contributed by atoms with Gasteiger partial charge in [-0.25, -0.2) is 4.99 Å². The quantitative estimate of drug-likeness (QED) is 0.614. The molecule has 1 aliphatic heterocycles.